The Kier molecular flexibility index (Phi) is 4.14. The van der Waals surface area contributed by atoms with Gasteiger partial charge in [-0.25, -0.2) is 4.79 Å². The van der Waals surface area contributed by atoms with Crippen molar-refractivity contribution in [3.8, 4) is 0 Å². The van der Waals surface area contributed by atoms with E-state index in [0.29, 0.717) is 22.0 Å². The Hall–Kier alpha value is -2.63. The maximum absolute atomic E-state index is 11.6. The van der Waals surface area contributed by atoms with Crippen molar-refractivity contribution < 1.29 is 14.5 Å². The minimum absolute atomic E-state index is 0.112. The van der Waals surface area contributed by atoms with Crippen molar-refractivity contribution in [3.63, 3.8) is 0 Å². The van der Waals surface area contributed by atoms with E-state index >= 15 is 0 Å². The number of methoxy groups -OCH3 is 1. The van der Waals surface area contributed by atoms with Gasteiger partial charge in [-0.05, 0) is 48.9 Å². The van der Waals surface area contributed by atoms with Gasteiger partial charge >= 0.3 is 5.97 Å². The minimum atomic E-state index is -0.449. The Morgan fingerprint density at radius 2 is 1.91 bits per heavy atom. The maximum Gasteiger partial charge on any atom is 0.337 e. The molecule has 1 saturated heterocycles. The quantitative estimate of drug-likeness (QED) is 0.492. The summed E-state index contributed by atoms with van der Waals surface area (Å²) in [5.74, 6) is -0.449. The number of carbonyl (C=O) groups is 1. The van der Waals surface area contributed by atoms with Gasteiger partial charge in [0, 0.05) is 13.1 Å². The van der Waals surface area contributed by atoms with Crippen LogP contribution in [0.25, 0.3) is 10.8 Å². The van der Waals surface area contributed by atoms with Gasteiger partial charge in [-0.15, -0.1) is 0 Å². The Labute approximate surface area is 133 Å². The summed E-state index contributed by atoms with van der Waals surface area (Å²) in [4.78, 5) is 25.0. The number of nitro benzene ring substituents is 1. The number of fused-ring (bicyclic) bond motifs is 1. The van der Waals surface area contributed by atoms with E-state index in [4.69, 9.17) is 4.74 Å². The first-order valence-electron chi connectivity index (χ1n) is 7.66. The van der Waals surface area contributed by atoms with E-state index in [2.05, 4.69) is 4.90 Å². The topological polar surface area (TPSA) is 72.7 Å². The first-order chi connectivity index (χ1) is 11.1. The number of anilines is 1. The standard InChI is InChI=1S/C17H18N2O4/c1-23-17(20)13-5-7-14-12(11-13)6-8-15(16(14)19(21)22)18-9-3-2-4-10-18/h5-8,11H,2-4,9-10H2,1H3. The van der Waals surface area contributed by atoms with Crippen LogP contribution in [0.15, 0.2) is 30.3 Å². The molecule has 3 rings (SSSR count). The molecule has 1 aliphatic heterocycles. The van der Waals surface area contributed by atoms with E-state index in [1.54, 1.807) is 24.3 Å². The Bertz CT molecular complexity index is 767. The molecule has 1 fully saturated rings. The molecule has 0 saturated carbocycles. The molecule has 6 nitrogen and oxygen atoms in total. The Morgan fingerprint density at radius 1 is 1.17 bits per heavy atom. The zero-order valence-electron chi connectivity index (χ0n) is 12.9. The normalized spacial score (nSPS) is 14.7. The van der Waals surface area contributed by atoms with Crippen molar-refractivity contribution in [2.75, 3.05) is 25.1 Å². The predicted molar refractivity (Wildman–Crippen MR) is 88.0 cm³/mol. The second kappa shape index (κ2) is 6.24. The monoisotopic (exact) mass is 314 g/mol. The van der Waals surface area contributed by atoms with Crippen LogP contribution < -0.4 is 4.90 Å². The molecular weight excluding hydrogens is 296 g/mol. The summed E-state index contributed by atoms with van der Waals surface area (Å²) >= 11 is 0. The second-order valence-electron chi connectivity index (χ2n) is 5.67. The lowest BCUT2D eigenvalue weighted by Crippen LogP contribution is -2.29. The molecule has 0 aromatic heterocycles. The van der Waals surface area contributed by atoms with Crippen LogP contribution in [-0.4, -0.2) is 31.1 Å². The number of piperidine rings is 1. The maximum atomic E-state index is 11.6. The van der Waals surface area contributed by atoms with Crippen LogP contribution >= 0.6 is 0 Å². The minimum Gasteiger partial charge on any atom is -0.465 e. The molecule has 0 unspecified atom stereocenters. The van der Waals surface area contributed by atoms with Crippen LogP contribution in [0.2, 0.25) is 0 Å². The fourth-order valence-corrected chi connectivity index (χ4v) is 3.13. The predicted octanol–water partition coefficient (Wildman–Crippen LogP) is 3.52. The van der Waals surface area contributed by atoms with Gasteiger partial charge in [0.05, 0.1) is 23.0 Å². The van der Waals surface area contributed by atoms with Crippen molar-refractivity contribution in [1.82, 2.24) is 0 Å². The van der Waals surface area contributed by atoms with E-state index < -0.39 is 5.97 Å². The zero-order chi connectivity index (χ0) is 16.4. The molecule has 0 N–H and O–H groups in total. The average molecular weight is 314 g/mol. The molecule has 6 heteroatoms. The molecule has 1 heterocycles. The van der Waals surface area contributed by atoms with Crippen LogP contribution in [-0.2, 0) is 4.74 Å². The van der Waals surface area contributed by atoms with Crippen LogP contribution in [0, 0.1) is 10.1 Å². The van der Waals surface area contributed by atoms with Crippen molar-refractivity contribution in [3.05, 3.63) is 46.0 Å². The van der Waals surface area contributed by atoms with E-state index in [0.717, 1.165) is 25.9 Å². The fraction of sp³-hybridized carbons (Fsp3) is 0.353. The third kappa shape index (κ3) is 2.84. The molecule has 2 aromatic carbocycles. The van der Waals surface area contributed by atoms with E-state index in [1.165, 1.54) is 13.5 Å². The van der Waals surface area contributed by atoms with Crippen LogP contribution in [0.1, 0.15) is 29.6 Å². The van der Waals surface area contributed by atoms with E-state index in [9.17, 15) is 14.9 Å². The second-order valence-corrected chi connectivity index (χ2v) is 5.67. The molecule has 0 aliphatic carbocycles. The van der Waals surface area contributed by atoms with Gasteiger partial charge in [0.2, 0.25) is 0 Å². The van der Waals surface area contributed by atoms with Crippen molar-refractivity contribution in [2.45, 2.75) is 19.3 Å². The molecule has 0 bridgehead atoms. The lowest BCUT2D eigenvalue weighted by Gasteiger charge is -2.28. The Morgan fingerprint density at radius 3 is 2.57 bits per heavy atom. The van der Waals surface area contributed by atoms with Crippen molar-refractivity contribution in [1.29, 1.82) is 0 Å². The summed E-state index contributed by atoms with van der Waals surface area (Å²) in [5, 5.41) is 12.9. The first-order valence-corrected chi connectivity index (χ1v) is 7.66. The number of nitrogens with zero attached hydrogens (tertiary/aromatic N) is 2. The average Bonchev–Trinajstić information content (AvgIpc) is 2.60. The number of nitro groups is 1. The molecule has 1 aliphatic rings. The van der Waals surface area contributed by atoms with Gasteiger partial charge in [0.25, 0.3) is 5.69 Å². The molecule has 0 atom stereocenters. The lowest BCUT2D eigenvalue weighted by molar-refractivity contribution is -0.382. The highest BCUT2D eigenvalue weighted by Gasteiger charge is 2.24. The number of rotatable bonds is 3. The van der Waals surface area contributed by atoms with Gasteiger partial charge in [0.15, 0.2) is 0 Å². The fourth-order valence-electron chi connectivity index (χ4n) is 3.13. The molecule has 0 amide bonds. The zero-order valence-corrected chi connectivity index (χ0v) is 12.9. The molecule has 0 radical (unpaired) electrons. The van der Waals surface area contributed by atoms with Crippen LogP contribution in [0.3, 0.4) is 0 Å². The summed E-state index contributed by atoms with van der Waals surface area (Å²) in [6.07, 6.45) is 3.27. The molecule has 0 spiro atoms. The number of hydrogen-bond donors (Lipinski definition) is 0. The summed E-state index contributed by atoms with van der Waals surface area (Å²) < 4.78 is 4.70. The number of esters is 1. The molecule has 120 valence electrons. The highest BCUT2D eigenvalue weighted by Crippen LogP contribution is 2.37. The van der Waals surface area contributed by atoms with Crippen LogP contribution in [0.5, 0.6) is 0 Å². The summed E-state index contributed by atoms with van der Waals surface area (Å²) in [7, 11) is 1.31. The third-order valence-corrected chi connectivity index (χ3v) is 4.27. The first kappa shape index (κ1) is 15.3. The van der Waals surface area contributed by atoms with Gasteiger partial charge in [-0.3, -0.25) is 10.1 Å². The van der Waals surface area contributed by atoms with Gasteiger partial charge < -0.3 is 9.64 Å². The lowest BCUT2D eigenvalue weighted by atomic mass is 10.0. The largest absolute Gasteiger partial charge is 0.465 e. The van der Waals surface area contributed by atoms with Crippen LogP contribution in [0.4, 0.5) is 11.4 Å². The number of benzene rings is 2. The van der Waals surface area contributed by atoms with Crippen molar-refractivity contribution >= 4 is 28.1 Å². The van der Waals surface area contributed by atoms with Gasteiger partial charge in [0.1, 0.15) is 5.69 Å². The number of ether oxygens (including phenoxy) is 1. The summed E-state index contributed by atoms with van der Waals surface area (Å²) in [6, 6.07) is 8.45. The highest BCUT2D eigenvalue weighted by atomic mass is 16.6. The van der Waals surface area contributed by atoms with E-state index in [-0.39, 0.29) is 10.6 Å². The summed E-state index contributed by atoms with van der Waals surface area (Å²) in [6.45, 7) is 1.68. The number of carbonyl (C=O) groups excluding carboxylic acids is 1. The highest BCUT2D eigenvalue weighted by molar-refractivity contribution is 6.01. The smallest absolute Gasteiger partial charge is 0.337 e. The third-order valence-electron chi connectivity index (χ3n) is 4.27. The molecule has 2 aromatic rings. The Balaban J connectivity index is 2.14. The molecule has 23 heavy (non-hydrogen) atoms. The van der Waals surface area contributed by atoms with E-state index in [1.807, 2.05) is 6.07 Å². The summed E-state index contributed by atoms with van der Waals surface area (Å²) in [5.41, 5.74) is 1.16. The molecular formula is C17H18N2O4. The van der Waals surface area contributed by atoms with Gasteiger partial charge in [-0.2, -0.15) is 0 Å². The van der Waals surface area contributed by atoms with Gasteiger partial charge in [-0.1, -0.05) is 6.07 Å². The SMILES string of the molecule is COC(=O)c1ccc2c([N+](=O)[O-])c(N3CCCCC3)ccc2c1. The van der Waals surface area contributed by atoms with Crippen molar-refractivity contribution in [2.24, 2.45) is 0 Å². The number of hydrogen-bond acceptors (Lipinski definition) is 5.